The molecule has 7 aromatic heterocycles. The van der Waals surface area contributed by atoms with Gasteiger partial charge in [0.05, 0.1) is 0 Å². The lowest BCUT2D eigenvalue weighted by atomic mass is 9.90. The number of hydrogen-bond acceptors (Lipinski definition) is 9. The Bertz CT molecular complexity index is 7220. The molecule has 0 aliphatic heterocycles. The molecule has 0 saturated carbocycles. The van der Waals surface area contributed by atoms with E-state index in [1.165, 1.54) is 0 Å². The molecule has 21 aromatic rings. The molecule has 9 nitrogen and oxygen atoms in total. The number of aromatic hydroxyl groups is 1. The zero-order valence-corrected chi connectivity index (χ0v) is 69.7. The van der Waals surface area contributed by atoms with Gasteiger partial charge in [0.25, 0.3) is 0 Å². The molecule has 0 bridgehead atoms. The highest BCUT2D eigenvalue weighted by atomic mass is 16.5. The molecule has 0 atom stereocenters. The summed E-state index contributed by atoms with van der Waals surface area (Å²) < 4.78 is 6.51. The predicted octanol–water partition coefficient (Wildman–Crippen LogP) is 30.6. The zero-order valence-electron chi connectivity index (χ0n) is 69.7. The standard InChI is InChI=1S/C79H53N5O.C40H28N2O/c1-12-54(36-60(18-1)72-42-73(61-19-2-13-55(37-61)67-25-8-32-80-49-67)44-74(43-72)62-20-3-14-56(38-62)68-26-9-33-81-50-68)66-24-7-29-78(48-66)85-79-31-30-71(53-84-79)59-17-6-23-65(41-59)77-46-75(63-21-4-15-57(39-63)69-27-10-34-82-51-69)45-76(47-77)64-22-5-16-58(40-64)70-28-11-35-83-52-70;43-40-16-4-13-34(25-40)28-7-1-10-31(19-28)37-22-38(32-11-2-8-29(20-32)35-14-5-17-41-26-35)24-39(23-37)33-12-3-9-30(21-33)36-15-6-18-42-27-36/h1-53H;1-27,43H. The number of aromatic nitrogens is 7. The fourth-order valence-electron chi connectivity index (χ4n) is 16.6. The minimum absolute atomic E-state index is 0.259. The van der Waals surface area contributed by atoms with Gasteiger partial charge >= 0.3 is 0 Å². The van der Waals surface area contributed by atoms with E-state index in [1.54, 1.807) is 24.5 Å². The van der Waals surface area contributed by atoms with Crippen LogP contribution in [0.5, 0.6) is 17.4 Å². The van der Waals surface area contributed by atoms with E-state index < -0.39 is 0 Å². The van der Waals surface area contributed by atoms with Crippen LogP contribution in [0, 0.1) is 0 Å². The molecule has 0 aliphatic rings. The van der Waals surface area contributed by atoms with Gasteiger partial charge in [0.1, 0.15) is 11.5 Å². The number of pyridine rings is 7. The number of phenolic OH excluding ortho intramolecular Hbond substituents is 1. The van der Waals surface area contributed by atoms with Crippen LogP contribution in [0.3, 0.4) is 0 Å². The Labute approximate surface area is 744 Å². The lowest BCUT2D eigenvalue weighted by Gasteiger charge is -2.14. The van der Waals surface area contributed by atoms with Crippen LogP contribution in [-0.2, 0) is 0 Å². The molecule has 0 spiro atoms. The van der Waals surface area contributed by atoms with Gasteiger partial charge in [-0.15, -0.1) is 0 Å². The maximum absolute atomic E-state index is 10.1. The van der Waals surface area contributed by atoms with Gasteiger partial charge < -0.3 is 9.84 Å². The Balaban J connectivity index is 0.000000200. The summed E-state index contributed by atoms with van der Waals surface area (Å²) in [5.41, 5.74) is 39.5. The number of ether oxygens (including phenoxy) is 1. The Hall–Kier alpha value is -17.3. The lowest BCUT2D eigenvalue weighted by Crippen LogP contribution is -1.90. The summed E-state index contributed by atoms with van der Waals surface area (Å²) in [6.45, 7) is 0. The largest absolute Gasteiger partial charge is 0.508 e. The fourth-order valence-corrected chi connectivity index (χ4v) is 16.6. The van der Waals surface area contributed by atoms with Crippen molar-refractivity contribution < 1.29 is 9.84 Å². The molecular formula is C119H81N7O2. The van der Waals surface area contributed by atoms with Crippen molar-refractivity contribution in [2.75, 3.05) is 0 Å². The number of benzene rings is 14. The Morgan fingerprint density at radius 2 is 0.312 bits per heavy atom. The normalized spacial score (nSPS) is 11.0. The molecule has 0 saturated heterocycles. The van der Waals surface area contributed by atoms with E-state index in [-0.39, 0.29) is 5.75 Å². The molecule has 0 aliphatic carbocycles. The minimum atomic E-state index is 0.259. The van der Waals surface area contributed by atoms with Crippen molar-refractivity contribution >= 4 is 0 Å². The molecule has 0 fully saturated rings. The van der Waals surface area contributed by atoms with Gasteiger partial charge in [-0.3, -0.25) is 29.9 Å². The number of nitrogens with zero attached hydrogens (tertiary/aromatic N) is 7. The van der Waals surface area contributed by atoms with Gasteiger partial charge in [0.15, 0.2) is 0 Å². The van der Waals surface area contributed by atoms with E-state index in [9.17, 15) is 5.11 Å². The quantitative estimate of drug-likeness (QED) is 0.0795. The highest BCUT2D eigenvalue weighted by Crippen LogP contribution is 2.43. The summed E-state index contributed by atoms with van der Waals surface area (Å²) in [7, 11) is 0. The Morgan fingerprint density at radius 3 is 0.516 bits per heavy atom. The van der Waals surface area contributed by atoms with E-state index in [0.717, 1.165) is 200 Å². The first-order valence-corrected chi connectivity index (χ1v) is 42.6. The second kappa shape index (κ2) is 36.8. The van der Waals surface area contributed by atoms with Crippen LogP contribution in [0.25, 0.3) is 200 Å². The maximum atomic E-state index is 10.1. The van der Waals surface area contributed by atoms with E-state index in [0.29, 0.717) is 11.6 Å². The first-order valence-electron chi connectivity index (χ1n) is 42.6. The topological polar surface area (TPSA) is 120 Å². The lowest BCUT2D eigenvalue weighted by molar-refractivity contribution is 0.463. The van der Waals surface area contributed by atoms with Crippen LogP contribution < -0.4 is 4.74 Å². The summed E-state index contributed by atoms with van der Waals surface area (Å²) in [5.74, 6) is 1.47. The highest BCUT2D eigenvalue weighted by molar-refractivity contribution is 5.90. The van der Waals surface area contributed by atoms with Crippen molar-refractivity contribution in [2.45, 2.75) is 0 Å². The molecule has 21 rings (SSSR count). The summed E-state index contributed by atoms with van der Waals surface area (Å²) in [6, 6.07) is 143. The second-order valence-electron chi connectivity index (χ2n) is 31.6. The van der Waals surface area contributed by atoms with Gasteiger partial charge in [-0.05, 0) is 337 Å². The summed E-state index contributed by atoms with van der Waals surface area (Å²) >= 11 is 0. The van der Waals surface area contributed by atoms with Crippen LogP contribution in [0.15, 0.2) is 487 Å². The first-order chi connectivity index (χ1) is 63.2. The summed E-state index contributed by atoms with van der Waals surface area (Å²) in [4.78, 5) is 31.1. The van der Waals surface area contributed by atoms with E-state index in [1.807, 2.05) is 135 Å². The third-order valence-corrected chi connectivity index (χ3v) is 23.2. The van der Waals surface area contributed by atoms with E-state index >= 15 is 0 Å². The molecule has 0 unspecified atom stereocenters. The van der Waals surface area contributed by atoms with Gasteiger partial charge in [-0.2, -0.15) is 0 Å². The molecule has 14 aromatic carbocycles. The van der Waals surface area contributed by atoms with Crippen molar-refractivity contribution in [1.82, 2.24) is 34.9 Å². The molecule has 0 radical (unpaired) electrons. The van der Waals surface area contributed by atoms with Gasteiger partial charge in [-0.1, -0.05) is 224 Å². The number of phenols is 1. The highest BCUT2D eigenvalue weighted by Gasteiger charge is 2.18. The minimum Gasteiger partial charge on any atom is -0.508 e. The van der Waals surface area contributed by atoms with Crippen LogP contribution in [0.1, 0.15) is 0 Å². The van der Waals surface area contributed by atoms with Crippen molar-refractivity contribution in [3.8, 4) is 218 Å². The molecule has 9 heteroatoms. The number of hydrogen-bond donors (Lipinski definition) is 1. The summed E-state index contributed by atoms with van der Waals surface area (Å²) in [6.07, 6.45) is 24.2. The SMILES string of the molecule is Oc1cccc(-c2cccc(-c3cc(-c4cccc(-c5cccnc5)c4)cc(-c4cccc(-c5cccnc5)c4)c3)c2)c1.c1cncc(-c2cccc(-c3cc(-c4cccc(-c5cccnc5)c4)cc(-c4cccc(-c5ccc(Oc6cccc(-c7cccc(-c8cc(-c9cccc(-c%10cccnc%10)c9)cc(-c9cccc(-c%10cccnc%10)c9)c8)c7)c6)nc5)c4)c3)c2)c1. The van der Waals surface area contributed by atoms with Gasteiger partial charge in [0, 0.05) is 126 Å². The third kappa shape index (κ3) is 18.3. The molecule has 1 N–H and O–H groups in total. The van der Waals surface area contributed by atoms with Crippen molar-refractivity contribution in [3.05, 3.63) is 487 Å². The average molecular weight is 1640 g/mol. The molecule has 0 amide bonds. The van der Waals surface area contributed by atoms with Crippen LogP contribution in [-0.4, -0.2) is 40.0 Å². The van der Waals surface area contributed by atoms with Crippen LogP contribution >= 0.6 is 0 Å². The van der Waals surface area contributed by atoms with Gasteiger partial charge in [0.2, 0.25) is 5.88 Å². The third-order valence-electron chi connectivity index (χ3n) is 23.2. The Kier molecular flexibility index (Phi) is 22.8. The molecular weight excluding hydrogens is 1560 g/mol. The fraction of sp³-hybridized carbons (Fsp3) is 0. The zero-order chi connectivity index (χ0) is 85.7. The molecule has 604 valence electrons. The van der Waals surface area contributed by atoms with Gasteiger partial charge in [-0.25, -0.2) is 4.98 Å². The molecule has 7 heterocycles. The summed E-state index contributed by atoms with van der Waals surface area (Å²) in [5, 5.41) is 10.1. The smallest absolute Gasteiger partial charge is 0.219 e. The predicted molar refractivity (Wildman–Crippen MR) is 523 cm³/mol. The van der Waals surface area contributed by atoms with Crippen molar-refractivity contribution in [2.24, 2.45) is 0 Å². The maximum Gasteiger partial charge on any atom is 0.219 e. The Morgan fingerprint density at radius 1 is 0.141 bits per heavy atom. The second-order valence-corrected chi connectivity index (χ2v) is 31.6. The van der Waals surface area contributed by atoms with Crippen LogP contribution in [0.2, 0.25) is 0 Å². The van der Waals surface area contributed by atoms with E-state index in [2.05, 4.69) is 357 Å². The molecule has 128 heavy (non-hydrogen) atoms. The number of rotatable bonds is 20. The van der Waals surface area contributed by atoms with Crippen molar-refractivity contribution in [3.63, 3.8) is 0 Å². The first kappa shape index (κ1) is 79.2. The monoisotopic (exact) mass is 1640 g/mol. The van der Waals surface area contributed by atoms with Crippen molar-refractivity contribution in [1.29, 1.82) is 0 Å². The average Bonchev–Trinajstić information content (AvgIpc) is 0.792. The van der Waals surface area contributed by atoms with Crippen LogP contribution in [0.4, 0.5) is 0 Å². The van der Waals surface area contributed by atoms with E-state index in [4.69, 9.17) is 9.72 Å².